The molecule has 0 aliphatic heterocycles. The number of methoxy groups -OCH3 is 1. The number of hydrogen-bond acceptors (Lipinski definition) is 3. The van der Waals surface area contributed by atoms with Gasteiger partial charge in [-0.2, -0.15) is 0 Å². The number of benzene rings is 1. The van der Waals surface area contributed by atoms with Crippen LogP contribution >= 0.6 is 0 Å². The van der Waals surface area contributed by atoms with Gasteiger partial charge in [0.1, 0.15) is 11.4 Å². The van der Waals surface area contributed by atoms with E-state index in [-0.39, 0.29) is 11.9 Å². The third kappa shape index (κ3) is 3.04. The number of halogens is 1. The van der Waals surface area contributed by atoms with Gasteiger partial charge in [0, 0.05) is 19.2 Å². The molecule has 1 aromatic carbocycles. The highest BCUT2D eigenvalue weighted by atomic mass is 19.1. The van der Waals surface area contributed by atoms with E-state index < -0.39 is 11.4 Å². The smallest absolute Gasteiger partial charge is 0.243 e. The summed E-state index contributed by atoms with van der Waals surface area (Å²) < 4.78 is 18.5. The van der Waals surface area contributed by atoms with E-state index in [2.05, 4.69) is 5.32 Å². The second-order valence-electron chi connectivity index (χ2n) is 5.04. The van der Waals surface area contributed by atoms with Gasteiger partial charge in [0.2, 0.25) is 5.91 Å². The first kappa shape index (κ1) is 13.8. The Kier molecular flexibility index (Phi) is 4.04. The molecule has 2 unspecified atom stereocenters. The third-order valence-corrected chi connectivity index (χ3v) is 3.72. The molecule has 1 aliphatic rings. The number of ether oxygens (including phenoxy) is 1. The van der Waals surface area contributed by atoms with Gasteiger partial charge in [-0.25, -0.2) is 4.39 Å². The van der Waals surface area contributed by atoms with Gasteiger partial charge in [0.05, 0.1) is 6.10 Å². The molecular weight excluding hydrogens is 247 g/mol. The highest BCUT2D eigenvalue weighted by Gasteiger charge is 2.41. The van der Waals surface area contributed by atoms with Gasteiger partial charge >= 0.3 is 0 Å². The first-order valence-corrected chi connectivity index (χ1v) is 6.42. The van der Waals surface area contributed by atoms with Crippen molar-refractivity contribution in [2.75, 3.05) is 12.4 Å². The standard InChI is InChI=1S/C14H19FN2O2/c1-19-12-6-3-7-14(9-12,13(16)18)17-11-5-2-4-10(15)8-11/h2,4-5,8,12,17H,3,6-7,9H2,1H3,(H2,16,18). The summed E-state index contributed by atoms with van der Waals surface area (Å²) >= 11 is 0. The molecular formula is C14H19FN2O2. The lowest BCUT2D eigenvalue weighted by Crippen LogP contribution is -2.54. The second kappa shape index (κ2) is 5.57. The molecule has 0 bridgehead atoms. The van der Waals surface area contributed by atoms with E-state index in [9.17, 15) is 9.18 Å². The molecule has 1 fully saturated rings. The minimum atomic E-state index is -0.854. The molecule has 2 atom stereocenters. The number of primary amides is 1. The molecule has 1 amide bonds. The first-order valence-electron chi connectivity index (χ1n) is 6.42. The predicted molar refractivity (Wildman–Crippen MR) is 71.2 cm³/mol. The number of carbonyl (C=O) groups is 1. The van der Waals surface area contributed by atoms with E-state index in [0.29, 0.717) is 18.5 Å². The van der Waals surface area contributed by atoms with Crippen molar-refractivity contribution in [3.05, 3.63) is 30.1 Å². The average molecular weight is 266 g/mol. The number of amides is 1. The number of carbonyl (C=O) groups excluding carboxylic acids is 1. The van der Waals surface area contributed by atoms with Crippen LogP contribution in [0.15, 0.2) is 24.3 Å². The molecule has 0 aromatic heterocycles. The van der Waals surface area contributed by atoms with Crippen molar-refractivity contribution in [3.8, 4) is 0 Å². The SMILES string of the molecule is COC1CCCC(Nc2cccc(F)c2)(C(N)=O)C1. The van der Waals surface area contributed by atoms with E-state index in [1.807, 2.05) is 0 Å². The van der Waals surface area contributed by atoms with Crippen molar-refractivity contribution >= 4 is 11.6 Å². The molecule has 0 heterocycles. The van der Waals surface area contributed by atoms with E-state index in [0.717, 1.165) is 12.8 Å². The number of anilines is 1. The van der Waals surface area contributed by atoms with Crippen molar-refractivity contribution in [3.63, 3.8) is 0 Å². The quantitative estimate of drug-likeness (QED) is 0.876. The van der Waals surface area contributed by atoms with Crippen LogP contribution in [0.3, 0.4) is 0 Å². The highest BCUT2D eigenvalue weighted by Crippen LogP contribution is 2.33. The van der Waals surface area contributed by atoms with Crippen LogP contribution in [-0.2, 0) is 9.53 Å². The molecule has 2 rings (SSSR count). The van der Waals surface area contributed by atoms with Gasteiger partial charge in [0.15, 0.2) is 0 Å². The molecule has 4 nitrogen and oxygen atoms in total. The summed E-state index contributed by atoms with van der Waals surface area (Å²) in [5, 5.41) is 3.10. The first-order chi connectivity index (χ1) is 9.05. The van der Waals surface area contributed by atoms with Crippen molar-refractivity contribution in [2.24, 2.45) is 5.73 Å². The average Bonchev–Trinajstić information content (AvgIpc) is 2.38. The van der Waals surface area contributed by atoms with Gasteiger partial charge in [-0.3, -0.25) is 4.79 Å². The van der Waals surface area contributed by atoms with Crippen molar-refractivity contribution in [2.45, 2.75) is 37.3 Å². The Hall–Kier alpha value is -1.62. The minimum Gasteiger partial charge on any atom is -0.381 e. The van der Waals surface area contributed by atoms with Crippen LogP contribution < -0.4 is 11.1 Å². The summed E-state index contributed by atoms with van der Waals surface area (Å²) in [7, 11) is 1.63. The normalized spacial score (nSPS) is 26.9. The molecule has 104 valence electrons. The Bertz CT molecular complexity index is 467. The zero-order valence-corrected chi connectivity index (χ0v) is 11.0. The van der Waals surface area contributed by atoms with Gasteiger partial charge in [-0.15, -0.1) is 0 Å². The number of nitrogens with two attached hydrogens (primary N) is 1. The van der Waals surface area contributed by atoms with E-state index >= 15 is 0 Å². The summed E-state index contributed by atoms with van der Waals surface area (Å²) in [6.07, 6.45) is 2.91. The largest absolute Gasteiger partial charge is 0.381 e. The summed E-state index contributed by atoms with van der Waals surface area (Å²) in [5.41, 5.74) is 5.27. The Labute approximate surface area is 112 Å². The third-order valence-electron chi connectivity index (χ3n) is 3.72. The van der Waals surface area contributed by atoms with E-state index in [4.69, 9.17) is 10.5 Å². The number of nitrogens with one attached hydrogen (secondary N) is 1. The minimum absolute atomic E-state index is 0.00214. The monoisotopic (exact) mass is 266 g/mol. The number of hydrogen-bond donors (Lipinski definition) is 2. The molecule has 5 heteroatoms. The van der Waals surface area contributed by atoms with Gasteiger partial charge < -0.3 is 15.8 Å². The van der Waals surface area contributed by atoms with Crippen LogP contribution in [0.5, 0.6) is 0 Å². The van der Waals surface area contributed by atoms with E-state index in [1.54, 1.807) is 19.2 Å². The summed E-state index contributed by atoms with van der Waals surface area (Å²) in [6.45, 7) is 0. The van der Waals surface area contributed by atoms with Crippen LogP contribution in [0.4, 0.5) is 10.1 Å². The summed E-state index contributed by atoms with van der Waals surface area (Å²) in [5.74, 6) is -0.762. The zero-order valence-electron chi connectivity index (χ0n) is 11.0. The second-order valence-corrected chi connectivity index (χ2v) is 5.04. The van der Waals surface area contributed by atoms with Crippen LogP contribution in [0.25, 0.3) is 0 Å². The van der Waals surface area contributed by atoms with Gasteiger partial charge in [-0.05, 0) is 37.5 Å². The maximum Gasteiger partial charge on any atom is 0.243 e. The van der Waals surface area contributed by atoms with Crippen LogP contribution in [0.2, 0.25) is 0 Å². The maximum absolute atomic E-state index is 13.2. The van der Waals surface area contributed by atoms with Crippen molar-refractivity contribution in [1.82, 2.24) is 0 Å². The molecule has 0 saturated heterocycles. The van der Waals surface area contributed by atoms with E-state index in [1.165, 1.54) is 12.1 Å². The highest BCUT2D eigenvalue weighted by molar-refractivity contribution is 5.88. The zero-order chi connectivity index (χ0) is 13.9. The van der Waals surface area contributed by atoms with Crippen molar-refractivity contribution in [1.29, 1.82) is 0 Å². The fourth-order valence-corrected chi connectivity index (χ4v) is 2.67. The Morgan fingerprint density at radius 3 is 3.00 bits per heavy atom. The molecule has 1 saturated carbocycles. The fourth-order valence-electron chi connectivity index (χ4n) is 2.67. The van der Waals surface area contributed by atoms with Crippen molar-refractivity contribution < 1.29 is 13.9 Å². The molecule has 1 aromatic rings. The predicted octanol–water partition coefficient (Wildman–Crippen LogP) is 2.05. The molecule has 1 aliphatic carbocycles. The molecule has 0 spiro atoms. The van der Waals surface area contributed by atoms with Gasteiger partial charge in [0.25, 0.3) is 0 Å². The van der Waals surface area contributed by atoms with Gasteiger partial charge in [-0.1, -0.05) is 6.07 Å². The lowest BCUT2D eigenvalue weighted by Gasteiger charge is -2.39. The lowest BCUT2D eigenvalue weighted by molar-refractivity contribution is -0.125. The molecule has 0 radical (unpaired) electrons. The van der Waals surface area contributed by atoms with Crippen LogP contribution in [0.1, 0.15) is 25.7 Å². The summed E-state index contributed by atoms with van der Waals surface area (Å²) in [4.78, 5) is 11.8. The van der Waals surface area contributed by atoms with Crippen LogP contribution in [0, 0.1) is 5.82 Å². The lowest BCUT2D eigenvalue weighted by atomic mass is 9.79. The Morgan fingerprint density at radius 1 is 1.58 bits per heavy atom. The van der Waals surface area contributed by atoms with Crippen LogP contribution in [-0.4, -0.2) is 24.7 Å². The Balaban J connectivity index is 2.22. The number of rotatable bonds is 4. The molecule has 19 heavy (non-hydrogen) atoms. The summed E-state index contributed by atoms with van der Waals surface area (Å²) in [6, 6.07) is 6.05. The fraction of sp³-hybridized carbons (Fsp3) is 0.500. The molecule has 3 N–H and O–H groups in total. The maximum atomic E-state index is 13.2. The topological polar surface area (TPSA) is 64.3 Å². The Morgan fingerprint density at radius 2 is 2.37 bits per heavy atom.